The number of aliphatic hydroxyl groups excluding tert-OH is 1. The molecular weight excluding hydrogens is 248 g/mol. The van der Waals surface area contributed by atoms with Crippen molar-refractivity contribution in [3.8, 4) is 5.75 Å². The molecule has 6 nitrogen and oxygen atoms in total. The minimum absolute atomic E-state index is 0.0165. The van der Waals surface area contributed by atoms with Gasteiger partial charge in [-0.3, -0.25) is 0 Å². The van der Waals surface area contributed by atoms with E-state index in [0.717, 1.165) is 6.26 Å². The third kappa shape index (κ3) is 2.75. The summed E-state index contributed by atoms with van der Waals surface area (Å²) < 4.78 is 27.8. The van der Waals surface area contributed by atoms with E-state index in [2.05, 4.69) is 0 Å². The maximum Gasteiger partial charge on any atom is 0.337 e. The van der Waals surface area contributed by atoms with Crippen molar-refractivity contribution in [2.45, 2.75) is 11.0 Å². The number of aliphatic hydroxyl groups is 1. The van der Waals surface area contributed by atoms with Gasteiger partial charge in [0.15, 0.2) is 15.9 Å². The number of sulfone groups is 1. The van der Waals surface area contributed by atoms with E-state index >= 15 is 0 Å². The minimum Gasteiger partial charge on any atom is -0.496 e. The lowest BCUT2D eigenvalue weighted by molar-refractivity contribution is -0.147. The van der Waals surface area contributed by atoms with Crippen molar-refractivity contribution in [1.29, 1.82) is 0 Å². The summed E-state index contributed by atoms with van der Waals surface area (Å²) in [7, 11) is -2.38. The van der Waals surface area contributed by atoms with E-state index in [4.69, 9.17) is 9.84 Å². The standard InChI is InChI=1S/C10H12O6S/c1-16-6-4-3-5-7(17(2,14)15)8(6)9(11)10(12)13/h3-5,9,11H,1-2H3,(H,12,13). The number of rotatable bonds is 4. The summed E-state index contributed by atoms with van der Waals surface area (Å²) >= 11 is 0. The monoisotopic (exact) mass is 260 g/mol. The van der Waals surface area contributed by atoms with Gasteiger partial charge in [0.25, 0.3) is 0 Å². The summed E-state index contributed by atoms with van der Waals surface area (Å²) in [4.78, 5) is 10.5. The molecule has 1 unspecified atom stereocenters. The number of hydrogen-bond acceptors (Lipinski definition) is 5. The Bertz CT molecular complexity index is 534. The second-order valence-electron chi connectivity index (χ2n) is 3.39. The second-order valence-corrected chi connectivity index (χ2v) is 5.37. The SMILES string of the molecule is COc1cccc(S(C)(=O)=O)c1C(O)C(=O)O. The van der Waals surface area contributed by atoms with Crippen molar-refractivity contribution >= 4 is 15.8 Å². The van der Waals surface area contributed by atoms with Gasteiger partial charge in [-0.15, -0.1) is 0 Å². The van der Waals surface area contributed by atoms with Crippen LogP contribution >= 0.6 is 0 Å². The molecule has 0 radical (unpaired) electrons. The van der Waals surface area contributed by atoms with E-state index in [1.807, 2.05) is 0 Å². The number of ether oxygens (including phenoxy) is 1. The van der Waals surface area contributed by atoms with Crippen LogP contribution in [0.3, 0.4) is 0 Å². The quantitative estimate of drug-likeness (QED) is 0.803. The van der Waals surface area contributed by atoms with Crippen LogP contribution in [0.4, 0.5) is 0 Å². The van der Waals surface area contributed by atoms with Crippen LogP contribution in [0.5, 0.6) is 5.75 Å². The first-order chi connectivity index (χ1) is 7.79. The molecule has 1 aromatic carbocycles. The zero-order valence-electron chi connectivity index (χ0n) is 9.25. The molecule has 0 amide bonds. The topological polar surface area (TPSA) is 101 Å². The van der Waals surface area contributed by atoms with Crippen molar-refractivity contribution in [1.82, 2.24) is 0 Å². The lowest BCUT2D eigenvalue weighted by atomic mass is 10.1. The highest BCUT2D eigenvalue weighted by molar-refractivity contribution is 7.90. The summed E-state index contributed by atoms with van der Waals surface area (Å²) in [5.41, 5.74) is -0.259. The predicted molar refractivity (Wildman–Crippen MR) is 58.7 cm³/mol. The molecule has 0 heterocycles. The lowest BCUT2D eigenvalue weighted by Crippen LogP contribution is -2.15. The Kier molecular flexibility index (Phi) is 3.74. The van der Waals surface area contributed by atoms with E-state index < -0.39 is 21.9 Å². The number of benzene rings is 1. The Hall–Kier alpha value is -1.60. The Labute approximate surface area is 98.4 Å². The van der Waals surface area contributed by atoms with Gasteiger partial charge in [-0.2, -0.15) is 0 Å². The van der Waals surface area contributed by atoms with Gasteiger partial charge in [0.05, 0.1) is 17.6 Å². The molecule has 2 N–H and O–H groups in total. The Morgan fingerprint density at radius 1 is 1.41 bits per heavy atom. The molecule has 0 saturated carbocycles. The Morgan fingerprint density at radius 2 is 2.00 bits per heavy atom. The van der Waals surface area contributed by atoms with Crippen LogP contribution in [0.15, 0.2) is 23.1 Å². The van der Waals surface area contributed by atoms with E-state index in [9.17, 15) is 18.3 Å². The molecule has 7 heteroatoms. The van der Waals surface area contributed by atoms with Crippen LogP contribution in [0.25, 0.3) is 0 Å². The van der Waals surface area contributed by atoms with Gasteiger partial charge in [0.2, 0.25) is 0 Å². The molecule has 17 heavy (non-hydrogen) atoms. The normalized spacial score (nSPS) is 13.1. The molecule has 0 aliphatic heterocycles. The molecule has 1 aromatic rings. The number of hydrogen-bond donors (Lipinski definition) is 2. The van der Waals surface area contributed by atoms with E-state index in [1.165, 1.54) is 25.3 Å². The van der Waals surface area contributed by atoms with Crippen LogP contribution in [-0.4, -0.2) is 38.0 Å². The highest BCUT2D eigenvalue weighted by Gasteiger charge is 2.27. The highest BCUT2D eigenvalue weighted by atomic mass is 32.2. The fourth-order valence-electron chi connectivity index (χ4n) is 1.42. The Balaban J connectivity index is 3.58. The average molecular weight is 260 g/mol. The van der Waals surface area contributed by atoms with Gasteiger partial charge in [0.1, 0.15) is 5.75 Å². The summed E-state index contributed by atoms with van der Waals surface area (Å²) in [6.07, 6.45) is -1.02. The van der Waals surface area contributed by atoms with E-state index in [1.54, 1.807) is 0 Å². The first-order valence-corrected chi connectivity index (χ1v) is 6.46. The van der Waals surface area contributed by atoms with Gasteiger partial charge in [0, 0.05) is 6.26 Å². The zero-order valence-corrected chi connectivity index (χ0v) is 10.1. The third-order valence-corrected chi connectivity index (χ3v) is 3.31. The molecule has 0 aliphatic rings. The van der Waals surface area contributed by atoms with Crippen molar-refractivity contribution in [3.63, 3.8) is 0 Å². The molecule has 1 rings (SSSR count). The van der Waals surface area contributed by atoms with Gasteiger partial charge < -0.3 is 14.9 Å². The van der Waals surface area contributed by atoms with Crippen LogP contribution in [-0.2, 0) is 14.6 Å². The summed E-state index contributed by atoms with van der Waals surface area (Å²) in [5, 5.41) is 18.3. The number of carboxylic acid groups (broad SMARTS) is 1. The van der Waals surface area contributed by atoms with Crippen LogP contribution in [0.2, 0.25) is 0 Å². The first-order valence-electron chi connectivity index (χ1n) is 4.57. The van der Waals surface area contributed by atoms with Gasteiger partial charge >= 0.3 is 5.97 Å². The largest absolute Gasteiger partial charge is 0.496 e. The molecule has 0 spiro atoms. The van der Waals surface area contributed by atoms with Gasteiger partial charge in [-0.1, -0.05) is 6.07 Å². The Morgan fingerprint density at radius 3 is 2.41 bits per heavy atom. The number of carbonyl (C=O) groups is 1. The summed E-state index contributed by atoms with van der Waals surface area (Å²) in [5.74, 6) is -1.53. The lowest BCUT2D eigenvalue weighted by Gasteiger charge is -2.14. The highest BCUT2D eigenvalue weighted by Crippen LogP contribution is 2.31. The summed E-state index contributed by atoms with van der Waals surface area (Å²) in [6.45, 7) is 0. The molecular formula is C10H12O6S. The number of methoxy groups -OCH3 is 1. The average Bonchev–Trinajstić information content (AvgIpc) is 2.25. The first kappa shape index (κ1) is 13.5. The second kappa shape index (κ2) is 4.72. The van der Waals surface area contributed by atoms with Crippen molar-refractivity contribution in [3.05, 3.63) is 23.8 Å². The molecule has 0 aromatic heterocycles. The third-order valence-electron chi connectivity index (χ3n) is 2.15. The van der Waals surface area contributed by atoms with Crippen molar-refractivity contribution < 1.29 is 28.2 Å². The summed E-state index contributed by atoms with van der Waals surface area (Å²) in [6, 6.07) is 4.02. The number of aliphatic carboxylic acids is 1. The van der Waals surface area contributed by atoms with E-state index in [-0.39, 0.29) is 16.2 Å². The maximum atomic E-state index is 11.5. The smallest absolute Gasteiger partial charge is 0.337 e. The van der Waals surface area contributed by atoms with Crippen molar-refractivity contribution in [2.24, 2.45) is 0 Å². The van der Waals surface area contributed by atoms with Crippen LogP contribution in [0, 0.1) is 0 Å². The molecule has 1 atom stereocenters. The van der Waals surface area contributed by atoms with Crippen molar-refractivity contribution in [2.75, 3.05) is 13.4 Å². The number of carboxylic acids is 1. The maximum absolute atomic E-state index is 11.5. The van der Waals surface area contributed by atoms with E-state index in [0.29, 0.717) is 0 Å². The molecule has 0 fully saturated rings. The predicted octanol–water partition coefficient (Wildman–Crippen LogP) is 0.217. The minimum atomic E-state index is -3.65. The molecule has 0 aliphatic carbocycles. The van der Waals surface area contributed by atoms with Gasteiger partial charge in [-0.25, -0.2) is 13.2 Å². The van der Waals surface area contributed by atoms with Gasteiger partial charge in [-0.05, 0) is 12.1 Å². The zero-order chi connectivity index (χ0) is 13.2. The fraction of sp³-hybridized carbons (Fsp3) is 0.300. The molecule has 94 valence electrons. The fourth-order valence-corrected chi connectivity index (χ4v) is 2.36. The molecule has 0 bridgehead atoms. The van der Waals surface area contributed by atoms with Crippen LogP contribution in [0.1, 0.15) is 11.7 Å². The van der Waals surface area contributed by atoms with Crippen LogP contribution < -0.4 is 4.74 Å². The molecule has 0 saturated heterocycles.